The molecule has 1 N–H and O–H groups in total. The molecule has 0 spiro atoms. The van der Waals surface area contributed by atoms with Gasteiger partial charge in [0, 0.05) is 11.6 Å². The standard InChI is InChI=1S/C22H16N4O8/c27-22(15-4-6-20-21(11-15)33-9-8-32-20)24-23-13-14-2-1-3-17(10-14)34-19-7-5-16(25(28)29)12-18(19)26(30)31/h1-7,10-13H,8-9H2,(H,24,27)/b23-13+. The third kappa shape index (κ3) is 5.07. The molecule has 1 heterocycles. The second kappa shape index (κ2) is 9.65. The van der Waals surface area contributed by atoms with Gasteiger partial charge in [0.25, 0.3) is 11.6 Å². The van der Waals surface area contributed by atoms with Crippen LogP contribution in [-0.2, 0) is 0 Å². The molecule has 1 amide bonds. The lowest BCUT2D eigenvalue weighted by molar-refractivity contribution is -0.394. The Hall–Kier alpha value is -5.00. The highest BCUT2D eigenvalue weighted by Gasteiger charge is 2.21. The zero-order valence-electron chi connectivity index (χ0n) is 17.4. The lowest BCUT2D eigenvalue weighted by Gasteiger charge is -2.18. The molecule has 0 saturated carbocycles. The molecule has 0 aromatic heterocycles. The second-order valence-corrected chi connectivity index (χ2v) is 6.90. The van der Waals surface area contributed by atoms with Crippen molar-refractivity contribution in [2.24, 2.45) is 5.10 Å². The molecule has 172 valence electrons. The molecule has 1 aliphatic rings. The van der Waals surface area contributed by atoms with Gasteiger partial charge in [-0.1, -0.05) is 12.1 Å². The molecule has 0 saturated heterocycles. The summed E-state index contributed by atoms with van der Waals surface area (Å²) in [6.07, 6.45) is 1.37. The van der Waals surface area contributed by atoms with E-state index < -0.39 is 27.1 Å². The van der Waals surface area contributed by atoms with Gasteiger partial charge in [0.05, 0.1) is 22.1 Å². The van der Waals surface area contributed by atoms with E-state index in [1.54, 1.807) is 36.4 Å². The smallest absolute Gasteiger partial charge is 0.318 e. The molecule has 3 aromatic carbocycles. The fourth-order valence-corrected chi connectivity index (χ4v) is 3.05. The van der Waals surface area contributed by atoms with Gasteiger partial charge >= 0.3 is 5.69 Å². The largest absolute Gasteiger partial charge is 0.486 e. The van der Waals surface area contributed by atoms with Crippen LogP contribution in [0.15, 0.2) is 65.8 Å². The van der Waals surface area contributed by atoms with E-state index in [0.717, 1.165) is 18.2 Å². The summed E-state index contributed by atoms with van der Waals surface area (Å²) in [4.78, 5) is 33.0. The molecule has 12 heteroatoms. The van der Waals surface area contributed by atoms with Gasteiger partial charge in [-0.25, -0.2) is 5.43 Å². The summed E-state index contributed by atoms with van der Waals surface area (Å²) in [5.41, 5.74) is 2.31. The molecule has 34 heavy (non-hydrogen) atoms. The van der Waals surface area contributed by atoms with Crippen molar-refractivity contribution in [3.05, 3.63) is 92.0 Å². The molecule has 12 nitrogen and oxygen atoms in total. The Balaban J connectivity index is 1.44. The normalized spacial score (nSPS) is 12.2. The molecule has 0 aliphatic carbocycles. The molecule has 0 unspecified atom stereocenters. The minimum absolute atomic E-state index is 0.156. The minimum atomic E-state index is -0.763. The maximum Gasteiger partial charge on any atom is 0.318 e. The lowest BCUT2D eigenvalue weighted by Crippen LogP contribution is -2.19. The SMILES string of the molecule is O=C(N/N=C/c1cccc(Oc2ccc([N+](=O)[O-])cc2[N+](=O)[O-])c1)c1ccc2c(c1)OCCO2. The molecule has 0 fully saturated rings. The first-order chi connectivity index (χ1) is 16.4. The van der Waals surface area contributed by atoms with Crippen molar-refractivity contribution in [2.75, 3.05) is 13.2 Å². The summed E-state index contributed by atoms with van der Waals surface area (Å²) in [5.74, 6) is 0.669. The first-order valence-corrected chi connectivity index (χ1v) is 9.84. The van der Waals surface area contributed by atoms with Crippen LogP contribution in [0.4, 0.5) is 11.4 Å². The first-order valence-electron chi connectivity index (χ1n) is 9.84. The van der Waals surface area contributed by atoms with Gasteiger partial charge in [-0.05, 0) is 42.0 Å². The molecule has 4 rings (SSSR count). The van der Waals surface area contributed by atoms with E-state index in [-0.39, 0.29) is 11.5 Å². The number of nitro groups is 2. The number of nitrogens with one attached hydrogen (secondary N) is 1. The number of hydrazone groups is 1. The maximum atomic E-state index is 12.3. The zero-order valence-corrected chi connectivity index (χ0v) is 17.4. The van der Waals surface area contributed by atoms with E-state index in [0.29, 0.717) is 35.8 Å². The minimum Gasteiger partial charge on any atom is -0.486 e. The predicted octanol–water partition coefficient (Wildman–Crippen LogP) is 3.83. The third-order valence-corrected chi connectivity index (χ3v) is 4.62. The van der Waals surface area contributed by atoms with Crippen LogP contribution in [0.1, 0.15) is 15.9 Å². The van der Waals surface area contributed by atoms with Crippen LogP contribution in [0.3, 0.4) is 0 Å². The van der Waals surface area contributed by atoms with E-state index in [1.165, 1.54) is 12.3 Å². The highest BCUT2D eigenvalue weighted by Crippen LogP contribution is 2.34. The molecular weight excluding hydrogens is 448 g/mol. The average Bonchev–Trinajstić information content (AvgIpc) is 2.84. The second-order valence-electron chi connectivity index (χ2n) is 6.90. The highest BCUT2D eigenvalue weighted by atomic mass is 16.6. The van der Waals surface area contributed by atoms with Crippen LogP contribution in [-0.4, -0.2) is 35.2 Å². The quantitative estimate of drug-likeness (QED) is 0.314. The molecule has 0 bridgehead atoms. The van der Waals surface area contributed by atoms with Crippen LogP contribution < -0.4 is 19.6 Å². The van der Waals surface area contributed by atoms with Crippen molar-refractivity contribution in [2.45, 2.75) is 0 Å². The Bertz CT molecular complexity index is 1310. The van der Waals surface area contributed by atoms with Crippen molar-refractivity contribution >= 4 is 23.5 Å². The number of nitro benzene ring substituents is 2. The van der Waals surface area contributed by atoms with Crippen LogP contribution >= 0.6 is 0 Å². The Morgan fingerprint density at radius 1 is 0.971 bits per heavy atom. The Labute approximate surface area is 191 Å². The molecule has 0 atom stereocenters. The number of hydrogen-bond donors (Lipinski definition) is 1. The fourth-order valence-electron chi connectivity index (χ4n) is 3.05. The third-order valence-electron chi connectivity index (χ3n) is 4.62. The van der Waals surface area contributed by atoms with Gasteiger partial charge in [0.1, 0.15) is 19.0 Å². The number of benzene rings is 3. The zero-order chi connectivity index (χ0) is 24.1. The molecular formula is C22H16N4O8. The number of carbonyl (C=O) groups excluding carboxylic acids is 1. The van der Waals surface area contributed by atoms with E-state index in [4.69, 9.17) is 14.2 Å². The Kier molecular flexibility index (Phi) is 6.30. The summed E-state index contributed by atoms with van der Waals surface area (Å²) >= 11 is 0. The number of non-ortho nitro benzene ring substituents is 1. The number of fused-ring (bicyclic) bond motifs is 1. The van der Waals surface area contributed by atoms with Crippen LogP contribution in [0, 0.1) is 20.2 Å². The van der Waals surface area contributed by atoms with E-state index in [9.17, 15) is 25.0 Å². The van der Waals surface area contributed by atoms with E-state index in [2.05, 4.69) is 10.5 Å². The Morgan fingerprint density at radius 2 is 1.76 bits per heavy atom. The predicted molar refractivity (Wildman–Crippen MR) is 119 cm³/mol. The van der Waals surface area contributed by atoms with Crippen molar-refractivity contribution < 1.29 is 28.9 Å². The first kappa shape index (κ1) is 22.2. The van der Waals surface area contributed by atoms with Crippen LogP contribution in [0.5, 0.6) is 23.0 Å². The average molecular weight is 464 g/mol. The highest BCUT2D eigenvalue weighted by molar-refractivity contribution is 5.95. The number of amides is 1. The summed E-state index contributed by atoms with van der Waals surface area (Å²) < 4.78 is 16.4. The lowest BCUT2D eigenvalue weighted by atomic mass is 10.2. The number of carbonyl (C=O) groups is 1. The van der Waals surface area contributed by atoms with Gasteiger partial charge in [0.2, 0.25) is 5.75 Å². The van der Waals surface area contributed by atoms with Gasteiger partial charge in [0.15, 0.2) is 11.5 Å². The number of rotatable bonds is 7. The van der Waals surface area contributed by atoms with Crippen molar-refractivity contribution in [1.29, 1.82) is 0 Å². The van der Waals surface area contributed by atoms with Crippen molar-refractivity contribution in [3.63, 3.8) is 0 Å². The Morgan fingerprint density at radius 3 is 2.53 bits per heavy atom. The van der Waals surface area contributed by atoms with E-state index >= 15 is 0 Å². The fraction of sp³-hybridized carbons (Fsp3) is 0.0909. The summed E-state index contributed by atoms with van der Waals surface area (Å²) in [5, 5.41) is 26.1. The summed E-state index contributed by atoms with van der Waals surface area (Å²) in [6.45, 7) is 0.848. The summed E-state index contributed by atoms with van der Waals surface area (Å²) in [7, 11) is 0. The number of hydrogen-bond acceptors (Lipinski definition) is 9. The molecule has 3 aromatic rings. The number of ether oxygens (including phenoxy) is 3. The van der Waals surface area contributed by atoms with Crippen LogP contribution in [0.2, 0.25) is 0 Å². The van der Waals surface area contributed by atoms with Gasteiger partial charge < -0.3 is 14.2 Å². The van der Waals surface area contributed by atoms with E-state index in [1.807, 2.05) is 0 Å². The number of nitrogens with zero attached hydrogens (tertiary/aromatic N) is 3. The van der Waals surface area contributed by atoms with Crippen LogP contribution in [0.25, 0.3) is 0 Å². The van der Waals surface area contributed by atoms with Gasteiger partial charge in [-0.2, -0.15) is 5.10 Å². The van der Waals surface area contributed by atoms with Crippen molar-refractivity contribution in [3.8, 4) is 23.0 Å². The molecule has 1 aliphatic heterocycles. The van der Waals surface area contributed by atoms with Gasteiger partial charge in [-0.15, -0.1) is 0 Å². The topological polar surface area (TPSA) is 155 Å². The van der Waals surface area contributed by atoms with Crippen molar-refractivity contribution in [1.82, 2.24) is 5.43 Å². The van der Waals surface area contributed by atoms with Gasteiger partial charge in [-0.3, -0.25) is 25.0 Å². The monoisotopic (exact) mass is 464 g/mol. The molecule has 0 radical (unpaired) electrons. The maximum absolute atomic E-state index is 12.3. The summed E-state index contributed by atoms with van der Waals surface area (Å²) in [6, 6.07) is 14.3.